The maximum atomic E-state index is 12.7. The molecule has 2 aromatic carbocycles. The van der Waals surface area contributed by atoms with Crippen molar-refractivity contribution < 1.29 is 14.3 Å². The lowest BCUT2D eigenvalue weighted by atomic mass is 10.0. The third-order valence-corrected chi connectivity index (χ3v) is 6.44. The molecule has 1 N–H and O–H groups in total. The second-order valence-electron chi connectivity index (χ2n) is 7.50. The average molecular weight is 433 g/mol. The van der Waals surface area contributed by atoms with Gasteiger partial charge >= 0.3 is 0 Å². The lowest BCUT2D eigenvalue weighted by molar-refractivity contribution is 0.0927. The zero-order valence-corrected chi connectivity index (χ0v) is 17.5. The number of nitriles is 1. The van der Waals surface area contributed by atoms with Crippen molar-refractivity contribution in [1.82, 2.24) is 10.3 Å². The molecule has 1 saturated heterocycles. The summed E-state index contributed by atoms with van der Waals surface area (Å²) in [6.45, 7) is 1.95. The SMILES string of the molecule is N#Cc1ccc(N2CCC(NC(=O)c3csc(-c4ccc5c(c4)OCO5)n3)CC2)cc1. The molecular weight excluding hydrogens is 412 g/mol. The highest BCUT2D eigenvalue weighted by atomic mass is 32.1. The summed E-state index contributed by atoms with van der Waals surface area (Å²) in [5.74, 6) is 1.29. The summed E-state index contributed by atoms with van der Waals surface area (Å²) >= 11 is 1.44. The fraction of sp³-hybridized carbons (Fsp3) is 0.261. The number of rotatable bonds is 4. The summed E-state index contributed by atoms with van der Waals surface area (Å²) in [7, 11) is 0. The molecule has 0 spiro atoms. The fourth-order valence-electron chi connectivity index (χ4n) is 3.83. The van der Waals surface area contributed by atoms with Crippen molar-refractivity contribution in [2.24, 2.45) is 0 Å². The van der Waals surface area contributed by atoms with Crippen molar-refractivity contribution >= 4 is 22.9 Å². The minimum atomic E-state index is -0.139. The van der Waals surface area contributed by atoms with E-state index in [-0.39, 0.29) is 18.7 Å². The van der Waals surface area contributed by atoms with Crippen LogP contribution in [0.3, 0.4) is 0 Å². The Morgan fingerprint density at radius 2 is 1.90 bits per heavy atom. The molecule has 1 aromatic heterocycles. The molecule has 31 heavy (non-hydrogen) atoms. The van der Waals surface area contributed by atoms with Crippen LogP contribution in [-0.2, 0) is 0 Å². The van der Waals surface area contributed by atoms with Gasteiger partial charge in [0.25, 0.3) is 5.91 Å². The number of piperidine rings is 1. The Hall–Kier alpha value is -3.57. The van der Waals surface area contributed by atoms with Gasteiger partial charge in [0.05, 0.1) is 11.6 Å². The average Bonchev–Trinajstić information content (AvgIpc) is 3.49. The monoisotopic (exact) mass is 432 g/mol. The number of thiazole rings is 1. The van der Waals surface area contributed by atoms with Gasteiger partial charge in [0, 0.05) is 35.8 Å². The molecule has 0 saturated carbocycles. The Morgan fingerprint density at radius 1 is 1.13 bits per heavy atom. The molecule has 2 aliphatic rings. The van der Waals surface area contributed by atoms with Gasteiger partial charge in [-0.05, 0) is 55.3 Å². The Kier molecular flexibility index (Phi) is 5.18. The first-order valence-corrected chi connectivity index (χ1v) is 11.0. The number of benzene rings is 2. The number of nitrogens with zero attached hydrogens (tertiary/aromatic N) is 3. The smallest absolute Gasteiger partial charge is 0.270 e. The Labute approximate surface area is 183 Å². The Balaban J connectivity index is 1.18. The van der Waals surface area contributed by atoms with Gasteiger partial charge in [0.15, 0.2) is 11.5 Å². The van der Waals surface area contributed by atoms with E-state index in [1.54, 1.807) is 5.38 Å². The van der Waals surface area contributed by atoms with Gasteiger partial charge in [0.1, 0.15) is 10.7 Å². The van der Waals surface area contributed by atoms with Crippen LogP contribution in [0.25, 0.3) is 10.6 Å². The van der Waals surface area contributed by atoms with E-state index < -0.39 is 0 Å². The molecule has 0 radical (unpaired) electrons. The van der Waals surface area contributed by atoms with Crippen molar-refractivity contribution in [2.45, 2.75) is 18.9 Å². The molecule has 3 aromatic rings. The van der Waals surface area contributed by atoms with E-state index in [9.17, 15) is 4.79 Å². The molecule has 0 aliphatic carbocycles. The van der Waals surface area contributed by atoms with Crippen LogP contribution in [0.2, 0.25) is 0 Å². The van der Waals surface area contributed by atoms with Crippen molar-refractivity contribution in [3.05, 3.63) is 59.1 Å². The van der Waals surface area contributed by atoms with Gasteiger partial charge in [-0.2, -0.15) is 5.26 Å². The third-order valence-electron chi connectivity index (χ3n) is 5.55. The number of anilines is 1. The third kappa shape index (κ3) is 4.05. The lowest BCUT2D eigenvalue weighted by Crippen LogP contribution is -2.44. The van der Waals surface area contributed by atoms with Crippen LogP contribution >= 0.6 is 11.3 Å². The summed E-state index contributed by atoms with van der Waals surface area (Å²) < 4.78 is 10.8. The number of hydrogen-bond acceptors (Lipinski definition) is 7. The molecule has 1 fully saturated rings. The molecule has 8 heteroatoms. The standard InChI is InChI=1S/C23H20N4O3S/c24-12-15-1-4-18(5-2-15)27-9-7-17(8-10-27)25-22(28)19-13-31-23(26-19)16-3-6-20-21(11-16)30-14-29-20/h1-6,11,13,17H,7-10,14H2,(H,25,28). The zero-order valence-electron chi connectivity index (χ0n) is 16.7. The quantitative estimate of drug-likeness (QED) is 0.675. The first-order chi connectivity index (χ1) is 15.2. The predicted octanol–water partition coefficient (Wildman–Crippen LogP) is 3.81. The highest BCUT2D eigenvalue weighted by Gasteiger charge is 2.23. The van der Waals surface area contributed by atoms with Crippen LogP contribution in [-0.4, -0.2) is 36.8 Å². The molecule has 2 aliphatic heterocycles. The van der Waals surface area contributed by atoms with E-state index in [1.807, 2.05) is 42.5 Å². The maximum Gasteiger partial charge on any atom is 0.270 e. The summed E-state index contributed by atoms with van der Waals surface area (Å²) in [5.41, 5.74) is 3.11. The molecule has 0 atom stereocenters. The molecule has 0 bridgehead atoms. The molecule has 7 nitrogen and oxygen atoms in total. The fourth-order valence-corrected chi connectivity index (χ4v) is 4.63. The number of carbonyl (C=O) groups excluding carboxylic acids is 1. The minimum Gasteiger partial charge on any atom is -0.454 e. The highest BCUT2D eigenvalue weighted by Crippen LogP contribution is 2.36. The molecule has 1 amide bonds. The number of fused-ring (bicyclic) bond motifs is 1. The molecule has 3 heterocycles. The minimum absolute atomic E-state index is 0.123. The number of amides is 1. The zero-order chi connectivity index (χ0) is 21.2. The summed E-state index contributed by atoms with van der Waals surface area (Å²) in [6, 6.07) is 15.6. The molecule has 156 valence electrons. The Morgan fingerprint density at radius 3 is 2.68 bits per heavy atom. The van der Waals surface area contributed by atoms with Gasteiger partial charge in [-0.3, -0.25) is 4.79 Å². The summed E-state index contributed by atoms with van der Waals surface area (Å²) in [4.78, 5) is 19.5. The number of nitrogens with one attached hydrogen (secondary N) is 1. The molecule has 0 unspecified atom stereocenters. The maximum absolute atomic E-state index is 12.7. The second kappa shape index (κ2) is 8.28. The van der Waals surface area contributed by atoms with Gasteiger partial charge in [-0.1, -0.05) is 0 Å². The summed E-state index contributed by atoms with van der Waals surface area (Å²) in [5, 5.41) is 14.6. The van der Waals surface area contributed by atoms with Gasteiger partial charge in [-0.15, -0.1) is 11.3 Å². The number of ether oxygens (including phenoxy) is 2. The number of hydrogen-bond donors (Lipinski definition) is 1. The summed E-state index contributed by atoms with van der Waals surface area (Å²) in [6.07, 6.45) is 1.73. The number of aromatic nitrogens is 1. The van der Waals surface area contributed by atoms with Crippen LogP contribution in [0.1, 0.15) is 28.9 Å². The van der Waals surface area contributed by atoms with Gasteiger partial charge in [-0.25, -0.2) is 4.98 Å². The van der Waals surface area contributed by atoms with E-state index in [1.165, 1.54) is 11.3 Å². The van der Waals surface area contributed by atoms with Crippen LogP contribution in [0, 0.1) is 11.3 Å². The van der Waals surface area contributed by atoms with Crippen LogP contribution in [0.5, 0.6) is 11.5 Å². The van der Waals surface area contributed by atoms with Crippen molar-refractivity contribution in [3.8, 4) is 28.1 Å². The van der Waals surface area contributed by atoms with E-state index in [2.05, 4.69) is 21.3 Å². The van der Waals surface area contributed by atoms with Crippen LogP contribution in [0.15, 0.2) is 47.8 Å². The second-order valence-corrected chi connectivity index (χ2v) is 8.36. The normalized spacial score (nSPS) is 15.5. The predicted molar refractivity (Wildman–Crippen MR) is 118 cm³/mol. The number of carbonyl (C=O) groups is 1. The van der Waals surface area contributed by atoms with Gasteiger partial charge in [0.2, 0.25) is 6.79 Å². The van der Waals surface area contributed by atoms with E-state index in [0.717, 1.165) is 47.9 Å². The van der Waals surface area contributed by atoms with Crippen molar-refractivity contribution in [3.63, 3.8) is 0 Å². The van der Waals surface area contributed by atoms with E-state index in [0.29, 0.717) is 17.0 Å². The van der Waals surface area contributed by atoms with E-state index >= 15 is 0 Å². The van der Waals surface area contributed by atoms with Crippen LogP contribution in [0.4, 0.5) is 5.69 Å². The molecular formula is C23H20N4O3S. The highest BCUT2D eigenvalue weighted by molar-refractivity contribution is 7.13. The van der Waals surface area contributed by atoms with E-state index in [4.69, 9.17) is 14.7 Å². The molecule has 5 rings (SSSR count). The first kappa shape index (κ1) is 19.4. The van der Waals surface area contributed by atoms with Crippen LogP contribution < -0.4 is 19.7 Å². The van der Waals surface area contributed by atoms with Crippen molar-refractivity contribution in [1.29, 1.82) is 5.26 Å². The lowest BCUT2D eigenvalue weighted by Gasteiger charge is -2.33. The topological polar surface area (TPSA) is 87.5 Å². The Bertz CT molecular complexity index is 1140. The first-order valence-electron chi connectivity index (χ1n) is 10.1. The largest absolute Gasteiger partial charge is 0.454 e. The van der Waals surface area contributed by atoms with Crippen molar-refractivity contribution in [2.75, 3.05) is 24.8 Å². The van der Waals surface area contributed by atoms with Gasteiger partial charge < -0.3 is 19.7 Å².